The molecule has 0 saturated carbocycles. The molecule has 0 aliphatic carbocycles. The number of fused-ring (bicyclic) bond motifs is 1. The predicted molar refractivity (Wildman–Crippen MR) is 70.9 cm³/mol. The molecule has 1 aromatic rings. The van der Waals surface area contributed by atoms with Gasteiger partial charge in [-0.1, -0.05) is 39.0 Å². The van der Waals surface area contributed by atoms with Crippen LogP contribution in [0.4, 0.5) is 0 Å². The summed E-state index contributed by atoms with van der Waals surface area (Å²) in [4.78, 5) is 0. The molecule has 0 spiro atoms. The number of para-hydroxylation sites is 1. The van der Waals surface area contributed by atoms with Crippen LogP contribution in [0.5, 0.6) is 5.75 Å². The number of hydrogen-bond acceptors (Lipinski definition) is 3. The Balaban J connectivity index is 2.34. The first-order valence-corrected chi connectivity index (χ1v) is 6.40. The van der Waals surface area contributed by atoms with Crippen molar-refractivity contribution >= 4 is 0 Å². The third-order valence-corrected chi connectivity index (χ3v) is 3.46. The van der Waals surface area contributed by atoms with Crippen molar-refractivity contribution in [2.75, 3.05) is 13.7 Å². The summed E-state index contributed by atoms with van der Waals surface area (Å²) in [6.45, 7) is 6.89. The van der Waals surface area contributed by atoms with Crippen LogP contribution in [-0.4, -0.2) is 24.9 Å². The van der Waals surface area contributed by atoms with Crippen molar-refractivity contribution in [2.24, 2.45) is 5.41 Å². The maximum Gasteiger partial charge on any atom is 0.128 e. The Labute approximate surface area is 109 Å². The van der Waals surface area contributed by atoms with Gasteiger partial charge in [0, 0.05) is 19.1 Å². The Bertz CT molecular complexity index is 420. The van der Waals surface area contributed by atoms with Crippen LogP contribution in [0.15, 0.2) is 18.2 Å². The van der Waals surface area contributed by atoms with Crippen LogP contribution in [0.25, 0.3) is 0 Å². The van der Waals surface area contributed by atoms with E-state index in [1.165, 1.54) is 5.56 Å². The molecule has 1 aliphatic rings. The first kappa shape index (κ1) is 13.4. The van der Waals surface area contributed by atoms with E-state index in [1.807, 2.05) is 12.1 Å². The minimum absolute atomic E-state index is 0.129. The van der Waals surface area contributed by atoms with E-state index in [2.05, 4.69) is 26.8 Å². The van der Waals surface area contributed by atoms with Crippen molar-refractivity contribution in [1.82, 2.24) is 0 Å². The van der Waals surface area contributed by atoms with Crippen LogP contribution in [0.2, 0.25) is 0 Å². The van der Waals surface area contributed by atoms with E-state index in [1.54, 1.807) is 7.11 Å². The summed E-state index contributed by atoms with van der Waals surface area (Å²) < 4.78 is 11.1. The van der Waals surface area contributed by atoms with Crippen LogP contribution in [0.1, 0.15) is 38.0 Å². The van der Waals surface area contributed by atoms with Gasteiger partial charge in [-0.2, -0.15) is 0 Å². The molecule has 2 atom stereocenters. The van der Waals surface area contributed by atoms with E-state index >= 15 is 0 Å². The number of hydrogen-bond donors (Lipinski definition) is 1. The fourth-order valence-corrected chi connectivity index (χ4v) is 2.59. The molecule has 1 aliphatic heterocycles. The van der Waals surface area contributed by atoms with Crippen molar-refractivity contribution < 1.29 is 14.6 Å². The third-order valence-electron chi connectivity index (χ3n) is 3.46. The largest absolute Gasteiger partial charge is 0.493 e. The standard InChI is InChI=1S/C15H22O3/c1-15(2,3)14(17-4)12(16)11-7-5-6-10-8-9-18-13(10)11/h5-7,12,14,16H,8-9H2,1-4H3. The summed E-state index contributed by atoms with van der Waals surface area (Å²) in [6, 6.07) is 5.95. The van der Waals surface area contributed by atoms with Gasteiger partial charge in [0.15, 0.2) is 0 Å². The molecular weight excluding hydrogens is 228 g/mol. The highest BCUT2D eigenvalue weighted by molar-refractivity contribution is 5.45. The van der Waals surface area contributed by atoms with Crippen LogP contribution in [-0.2, 0) is 11.2 Å². The molecule has 2 unspecified atom stereocenters. The lowest BCUT2D eigenvalue weighted by Gasteiger charge is -2.33. The van der Waals surface area contributed by atoms with Crippen molar-refractivity contribution in [3.8, 4) is 5.75 Å². The van der Waals surface area contributed by atoms with Crippen LogP contribution >= 0.6 is 0 Å². The van der Waals surface area contributed by atoms with E-state index in [9.17, 15) is 5.11 Å². The van der Waals surface area contributed by atoms with Gasteiger partial charge in [-0.05, 0) is 11.0 Å². The molecule has 1 aromatic carbocycles. The van der Waals surface area contributed by atoms with Crippen LogP contribution < -0.4 is 4.74 Å². The average molecular weight is 250 g/mol. The lowest BCUT2D eigenvalue weighted by atomic mass is 9.83. The molecule has 0 fully saturated rings. The zero-order valence-electron chi connectivity index (χ0n) is 11.6. The molecule has 18 heavy (non-hydrogen) atoms. The Hall–Kier alpha value is -1.06. The Kier molecular flexibility index (Phi) is 3.64. The van der Waals surface area contributed by atoms with E-state index in [-0.39, 0.29) is 11.5 Å². The second-order valence-corrected chi connectivity index (χ2v) is 5.90. The summed E-state index contributed by atoms with van der Waals surface area (Å²) >= 11 is 0. The zero-order chi connectivity index (χ0) is 13.3. The van der Waals surface area contributed by atoms with Gasteiger partial charge >= 0.3 is 0 Å². The molecule has 3 nitrogen and oxygen atoms in total. The smallest absolute Gasteiger partial charge is 0.128 e. The molecule has 0 radical (unpaired) electrons. The molecule has 0 saturated heterocycles. The molecule has 2 rings (SSSR count). The van der Waals surface area contributed by atoms with Crippen LogP contribution in [0, 0.1) is 5.41 Å². The summed E-state index contributed by atoms with van der Waals surface area (Å²) in [5.41, 5.74) is 1.89. The number of aliphatic hydroxyl groups excluding tert-OH is 1. The average Bonchev–Trinajstić information content (AvgIpc) is 2.75. The van der Waals surface area contributed by atoms with E-state index in [4.69, 9.17) is 9.47 Å². The molecule has 1 heterocycles. The SMILES string of the molecule is COC(C(O)c1cccc2c1OCC2)C(C)(C)C. The van der Waals surface area contributed by atoms with E-state index < -0.39 is 6.10 Å². The van der Waals surface area contributed by atoms with Crippen molar-refractivity contribution in [3.63, 3.8) is 0 Å². The first-order valence-electron chi connectivity index (χ1n) is 6.40. The fraction of sp³-hybridized carbons (Fsp3) is 0.600. The van der Waals surface area contributed by atoms with Gasteiger partial charge in [0.05, 0.1) is 12.7 Å². The van der Waals surface area contributed by atoms with E-state index in [0.29, 0.717) is 6.61 Å². The van der Waals surface area contributed by atoms with Crippen molar-refractivity contribution in [2.45, 2.75) is 39.4 Å². The number of rotatable bonds is 3. The molecule has 3 heteroatoms. The van der Waals surface area contributed by atoms with Gasteiger partial charge in [0.2, 0.25) is 0 Å². The number of benzene rings is 1. The quantitative estimate of drug-likeness (QED) is 0.896. The Morgan fingerprint density at radius 3 is 2.67 bits per heavy atom. The fourth-order valence-electron chi connectivity index (χ4n) is 2.59. The van der Waals surface area contributed by atoms with Crippen LogP contribution in [0.3, 0.4) is 0 Å². The van der Waals surface area contributed by atoms with Gasteiger partial charge in [0.25, 0.3) is 0 Å². The maximum absolute atomic E-state index is 10.6. The van der Waals surface area contributed by atoms with Gasteiger partial charge in [-0.25, -0.2) is 0 Å². The molecule has 100 valence electrons. The van der Waals surface area contributed by atoms with Gasteiger partial charge in [-0.15, -0.1) is 0 Å². The van der Waals surface area contributed by atoms with Crippen molar-refractivity contribution in [1.29, 1.82) is 0 Å². The minimum Gasteiger partial charge on any atom is -0.493 e. The van der Waals surface area contributed by atoms with Gasteiger partial charge in [-0.3, -0.25) is 0 Å². The Morgan fingerprint density at radius 2 is 2.06 bits per heavy atom. The second kappa shape index (κ2) is 4.90. The zero-order valence-corrected chi connectivity index (χ0v) is 11.6. The van der Waals surface area contributed by atoms with Gasteiger partial charge in [0.1, 0.15) is 11.9 Å². The normalized spacial score (nSPS) is 18.1. The second-order valence-electron chi connectivity index (χ2n) is 5.90. The lowest BCUT2D eigenvalue weighted by molar-refractivity contribution is -0.0730. The van der Waals surface area contributed by atoms with Crippen molar-refractivity contribution in [3.05, 3.63) is 29.3 Å². The first-order chi connectivity index (χ1) is 8.45. The molecule has 0 bridgehead atoms. The summed E-state index contributed by atoms with van der Waals surface area (Å²) in [6.07, 6.45) is -0.000437. The molecule has 1 N–H and O–H groups in total. The summed E-state index contributed by atoms with van der Waals surface area (Å²) in [7, 11) is 1.64. The number of ether oxygens (including phenoxy) is 2. The monoisotopic (exact) mass is 250 g/mol. The van der Waals surface area contributed by atoms with E-state index in [0.717, 1.165) is 17.7 Å². The topological polar surface area (TPSA) is 38.7 Å². The highest BCUT2D eigenvalue weighted by Crippen LogP contribution is 2.39. The highest BCUT2D eigenvalue weighted by Gasteiger charge is 2.34. The lowest BCUT2D eigenvalue weighted by Crippen LogP contribution is -2.34. The number of aliphatic hydroxyl groups is 1. The summed E-state index contributed by atoms with van der Waals surface area (Å²) in [5, 5.41) is 10.6. The summed E-state index contributed by atoms with van der Waals surface area (Å²) in [5.74, 6) is 0.844. The predicted octanol–water partition coefficient (Wildman–Crippen LogP) is 2.72. The maximum atomic E-state index is 10.6. The number of methoxy groups -OCH3 is 1. The third kappa shape index (κ3) is 2.38. The molecule has 0 amide bonds. The minimum atomic E-state index is -0.664. The molecule has 0 aromatic heterocycles. The molecular formula is C15H22O3. The highest BCUT2D eigenvalue weighted by atomic mass is 16.5. The Morgan fingerprint density at radius 1 is 1.33 bits per heavy atom. The van der Waals surface area contributed by atoms with Gasteiger partial charge < -0.3 is 14.6 Å².